The van der Waals surface area contributed by atoms with Crippen LogP contribution in [0.25, 0.3) is 33.4 Å². The Labute approximate surface area is 191 Å². The summed E-state index contributed by atoms with van der Waals surface area (Å²) >= 11 is 0. The summed E-state index contributed by atoms with van der Waals surface area (Å²) in [6.07, 6.45) is -4.47. The quantitative estimate of drug-likeness (QED) is 0.226. The number of halogens is 3. The molecule has 0 aromatic heterocycles. The van der Waals surface area contributed by atoms with Crippen LogP contribution in [0.5, 0.6) is 0 Å². The number of nitro groups is 2. The van der Waals surface area contributed by atoms with Crippen molar-refractivity contribution in [1.82, 2.24) is 0 Å². The van der Waals surface area contributed by atoms with Gasteiger partial charge >= 0.3 is 6.18 Å². The molecule has 0 aliphatic rings. The summed E-state index contributed by atoms with van der Waals surface area (Å²) in [7, 11) is 0. The van der Waals surface area contributed by atoms with Gasteiger partial charge in [0, 0.05) is 24.3 Å². The van der Waals surface area contributed by atoms with Crippen LogP contribution in [-0.2, 0) is 6.18 Å². The summed E-state index contributed by atoms with van der Waals surface area (Å²) in [6.45, 7) is 0. The van der Waals surface area contributed by atoms with Crippen molar-refractivity contribution >= 4 is 11.4 Å². The topological polar surface area (TPSA) is 86.3 Å². The molecular formula is C25H15F3N2O4. The van der Waals surface area contributed by atoms with E-state index < -0.39 is 21.6 Å². The predicted octanol–water partition coefficient (Wildman–Crippen LogP) is 7.52. The van der Waals surface area contributed by atoms with E-state index >= 15 is 0 Å². The van der Waals surface area contributed by atoms with E-state index in [1.54, 1.807) is 30.3 Å². The minimum absolute atomic E-state index is 0.116. The minimum atomic E-state index is -4.47. The summed E-state index contributed by atoms with van der Waals surface area (Å²) in [5.74, 6) is 0. The minimum Gasteiger partial charge on any atom is -0.258 e. The number of alkyl halides is 3. The molecule has 170 valence electrons. The molecule has 4 aromatic rings. The van der Waals surface area contributed by atoms with Gasteiger partial charge in [-0.05, 0) is 63.7 Å². The van der Waals surface area contributed by atoms with Crippen LogP contribution in [0.3, 0.4) is 0 Å². The molecule has 0 aliphatic carbocycles. The Bertz CT molecular complexity index is 1320. The van der Waals surface area contributed by atoms with Gasteiger partial charge in [0.2, 0.25) is 0 Å². The van der Waals surface area contributed by atoms with Crippen LogP contribution >= 0.6 is 0 Å². The molecule has 0 saturated carbocycles. The third kappa shape index (κ3) is 4.78. The lowest BCUT2D eigenvalue weighted by Crippen LogP contribution is -2.04. The van der Waals surface area contributed by atoms with E-state index in [1.807, 2.05) is 0 Å². The first-order valence-corrected chi connectivity index (χ1v) is 9.94. The van der Waals surface area contributed by atoms with Crippen molar-refractivity contribution in [2.75, 3.05) is 0 Å². The van der Waals surface area contributed by atoms with E-state index in [-0.39, 0.29) is 11.4 Å². The molecule has 0 atom stereocenters. The van der Waals surface area contributed by atoms with Gasteiger partial charge in [-0.25, -0.2) is 0 Å². The van der Waals surface area contributed by atoms with E-state index in [0.717, 1.165) is 12.1 Å². The molecular weight excluding hydrogens is 449 g/mol. The fourth-order valence-corrected chi connectivity index (χ4v) is 3.58. The summed E-state index contributed by atoms with van der Waals surface area (Å²) < 4.78 is 39.0. The van der Waals surface area contributed by atoms with Crippen molar-refractivity contribution in [2.24, 2.45) is 0 Å². The molecule has 0 heterocycles. The number of rotatable bonds is 5. The smallest absolute Gasteiger partial charge is 0.258 e. The molecule has 0 aliphatic heterocycles. The van der Waals surface area contributed by atoms with Gasteiger partial charge in [-0.1, -0.05) is 36.4 Å². The first-order chi connectivity index (χ1) is 16.1. The van der Waals surface area contributed by atoms with E-state index in [4.69, 9.17) is 0 Å². The number of hydrogen-bond donors (Lipinski definition) is 0. The van der Waals surface area contributed by atoms with Crippen LogP contribution in [-0.4, -0.2) is 9.85 Å². The summed E-state index contributed by atoms with van der Waals surface area (Å²) in [5, 5.41) is 22.5. The van der Waals surface area contributed by atoms with Gasteiger partial charge < -0.3 is 0 Å². The van der Waals surface area contributed by atoms with Gasteiger partial charge in [0.1, 0.15) is 0 Å². The SMILES string of the molecule is O=[N+]([O-])c1cccc(-c2cc(-c3ccc(C(F)(F)F)cc3)cc(-c3cccc([N+](=O)[O-])c3)c2)c1. The van der Waals surface area contributed by atoms with Crippen molar-refractivity contribution in [3.63, 3.8) is 0 Å². The van der Waals surface area contributed by atoms with Crippen LogP contribution in [0, 0.1) is 20.2 Å². The fraction of sp³-hybridized carbons (Fsp3) is 0.0400. The number of non-ortho nitro benzene ring substituents is 2. The Morgan fingerprint density at radius 3 is 1.32 bits per heavy atom. The highest BCUT2D eigenvalue weighted by Crippen LogP contribution is 2.36. The normalized spacial score (nSPS) is 11.3. The highest BCUT2D eigenvalue weighted by Gasteiger charge is 2.30. The summed E-state index contributed by atoms with van der Waals surface area (Å²) in [6, 6.07) is 21.7. The molecule has 4 rings (SSSR count). The van der Waals surface area contributed by atoms with Crippen LogP contribution in [0.2, 0.25) is 0 Å². The Balaban J connectivity index is 1.89. The first kappa shape index (κ1) is 22.7. The van der Waals surface area contributed by atoms with Crippen molar-refractivity contribution in [3.05, 3.63) is 117 Å². The van der Waals surface area contributed by atoms with Gasteiger partial charge in [-0.2, -0.15) is 13.2 Å². The van der Waals surface area contributed by atoms with Gasteiger partial charge in [0.15, 0.2) is 0 Å². The Hall–Kier alpha value is -4.53. The van der Waals surface area contributed by atoms with E-state index in [0.29, 0.717) is 33.4 Å². The number of nitrogens with zero attached hydrogens (tertiary/aromatic N) is 2. The van der Waals surface area contributed by atoms with Gasteiger partial charge in [0.05, 0.1) is 15.4 Å². The zero-order valence-corrected chi connectivity index (χ0v) is 17.3. The number of nitro benzene ring substituents is 2. The lowest BCUT2D eigenvalue weighted by Gasteiger charge is -2.12. The molecule has 0 fully saturated rings. The molecule has 0 bridgehead atoms. The second kappa shape index (κ2) is 8.78. The maximum Gasteiger partial charge on any atom is 0.416 e. The third-order valence-corrected chi connectivity index (χ3v) is 5.26. The molecule has 0 radical (unpaired) electrons. The van der Waals surface area contributed by atoms with E-state index in [2.05, 4.69) is 0 Å². The van der Waals surface area contributed by atoms with Gasteiger partial charge in [0.25, 0.3) is 11.4 Å². The molecule has 0 unspecified atom stereocenters. The largest absolute Gasteiger partial charge is 0.416 e. The van der Waals surface area contributed by atoms with Crippen LogP contribution in [0.1, 0.15) is 5.56 Å². The number of hydrogen-bond acceptors (Lipinski definition) is 4. The monoisotopic (exact) mass is 464 g/mol. The molecule has 0 amide bonds. The maximum absolute atomic E-state index is 13.0. The Kier molecular flexibility index (Phi) is 5.85. The van der Waals surface area contributed by atoms with Gasteiger partial charge in [-0.3, -0.25) is 20.2 Å². The van der Waals surface area contributed by atoms with Gasteiger partial charge in [-0.15, -0.1) is 0 Å². The molecule has 0 spiro atoms. The third-order valence-electron chi connectivity index (χ3n) is 5.26. The molecule has 0 N–H and O–H groups in total. The second-order valence-corrected chi connectivity index (χ2v) is 7.49. The van der Waals surface area contributed by atoms with E-state index in [1.165, 1.54) is 48.5 Å². The lowest BCUT2D eigenvalue weighted by molar-refractivity contribution is -0.385. The standard InChI is InChI=1S/C25H15F3N2O4/c26-25(27,28)22-9-7-16(8-10-22)19-11-20(17-3-1-5-23(14-17)29(31)32)13-21(12-19)18-4-2-6-24(15-18)30(33)34/h1-15H. The summed E-state index contributed by atoms with van der Waals surface area (Å²) in [5.41, 5.74) is 2.22. The van der Waals surface area contributed by atoms with Crippen molar-refractivity contribution in [1.29, 1.82) is 0 Å². The first-order valence-electron chi connectivity index (χ1n) is 9.94. The summed E-state index contributed by atoms with van der Waals surface area (Å²) in [4.78, 5) is 21.4. The number of benzene rings is 4. The van der Waals surface area contributed by atoms with Crippen LogP contribution < -0.4 is 0 Å². The zero-order valence-electron chi connectivity index (χ0n) is 17.3. The van der Waals surface area contributed by atoms with E-state index in [9.17, 15) is 33.4 Å². The zero-order chi connectivity index (χ0) is 24.5. The molecule has 4 aromatic carbocycles. The van der Waals surface area contributed by atoms with Crippen LogP contribution in [0.15, 0.2) is 91.0 Å². The van der Waals surface area contributed by atoms with Crippen molar-refractivity contribution in [3.8, 4) is 33.4 Å². The average Bonchev–Trinajstić information content (AvgIpc) is 2.83. The Morgan fingerprint density at radius 1 is 0.529 bits per heavy atom. The average molecular weight is 464 g/mol. The van der Waals surface area contributed by atoms with Crippen molar-refractivity contribution in [2.45, 2.75) is 6.18 Å². The van der Waals surface area contributed by atoms with Crippen LogP contribution in [0.4, 0.5) is 24.5 Å². The molecule has 0 saturated heterocycles. The van der Waals surface area contributed by atoms with Crippen molar-refractivity contribution < 1.29 is 23.0 Å². The fourth-order valence-electron chi connectivity index (χ4n) is 3.58. The Morgan fingerprint density at radius 2 is 0.941 bits per heavy atom. The highest BCUT2D eigenvalue weighted by atomic mass is 19.4. The highest BCUT2D eigenvalue weighted by molar-refractivity contribution is 5.82. The molecule has 6 nitrogen and oxygen atoms in total. The maximum atomic E-state index is 13.0. The lowest BCUT2D eigenvalue weighted by atomic mass is 9.92. The molecule has 34 heavy (non-hydrogen) atoms. The predicted molar refractivity (Wildman–Crippen MR) is 121 cm³/mol. The molecule has 9 heteroatoms. The second-order valence-electron chi connectivity index (χ2n) is 7.49.